The van der Waals surface area contributed by atoms with E-state index in [1.165, 1.54) is 6.07 Å². The molecule has 0 saturated carbocycles. The Morgan fingerprint density at radius 2 is 1.93 bits per heavy atom. The zero-order valence-corrected chi connectivity index (χ0v) is 16.5. The van der Waals surface area contributed by atoms with E-state index in [9.17, 15) is 4.39 Å². The minimum Gasteiger partial charge on any atom is -0.334 e. The standard InChI is InChI=1S/C23H21ClFN3/c1-15-11-17(8-9-20(15)25)23(18-5-3-4-6-19(18)24)26-13-16-7-10-22-21(12-16)27-14-28(22)2/h3-12,14,23,26H,13H2,1-2H3. The number of aromatic nitrogens is 2. The fraction of sp³-hybridized carbons (Fsp3) is 0.174. The molecule has 0 aliphatic heterocycles. The van der Waals surface area contributed by atoms with E-state index in [0.29, 0.717) is 17.1 Å². The summed E-state index contributed by atoms with van der Waals surface area (Å²) in [6.07, 6.45) is 1.82. The lowest BCUT2D eigenvalue weighted by molar-refractivity contribution is 0.594. The molecule has 0 aliphatic carbocycles. The molecule has 1 N–H and O–H groups in total. The number of nitrogens with zero attached hydrogens (tertiary/aromatic N) is 2. The van der Waals surface area contributed by atoms with Crippen LogP contribution in [0, 0.1) is 12.7 Å². The van der Waals surface area contributed by atoms with Crippen molar-refractivity contribution in [1.29, 1.82) is 0 Å². The van der Waals surface area contributed by atoms with Crippen molar-refractivity contribution in [2.24, 2.45) is 7.05 Å². The third-order valence-electron chi connectivity index (χ3n) is 5.03. The molecule has 3 aromatic carbocycles. The normalized spacial score (nSPS) is 12.4. The van der Waals surface area contributed by atoms with Gasteiger partial charge in [0.05, 0.1) is 23.4 Å². The molecule has 4 aromatic rings. The first-order valence-electron chi connectivity index (χ1n) is 9.17. The highest BCUT2D eigenvalue weighted by Gasteiger charge is 2.17. The largest absolute Gasteiger partial charge is 0.334 e. The Balaban J connectivity index is 1.66. The number of hydrogen-bond acceptors (Lipinski definition) is 2. The summed E-state index contributed by atoms with van der Waals surface area (Å²) in [5.41, 5.74) is 5.75. The summed E-state index contributed by atoms with van der Waals surface area (Å²) >= 11 is 6.48. The SMILES string of the molecule is Cc1cc(C(NCc2ccc3c(c2)ncn3C)c2ccccc2Cl)ccc1F. The van der Waals surface area contributed by atoms with E-state index in [1.54, 1.807) is 6.92 Å². The van der Waals surface area contributed by atoms with Gasteiger partial charge in [-0.25, -0.2) is 9.37 Å². The van der Waals surface area contributed by atoms with Crippen molar-refractivity contribution < 1.29 is 4.39 Å². The second kappa shape index (κ2) is 7.74. The zero-order valence-electron chi connectivity index (χ0n) is 15.8. The average Bonchev–Trinajstić information content (AvgIpc) is 3.06. The first-order chi connectivity index (χ1) is 13.5. The summed E-state index contributed by atoms with van der Waals surface area (Å²) in [5, 5.41) is 4.27. The molecule has 0 spiro atoms. The molecule has 0 radical (unpaired) electrons. The lowest BCUT2D eigenvalue weighted by Crippen LogP contribution is -2.22. The van der Waals surface area contributed by atoms with Crippen molar-refractivity contribution in [3.05, 3.63) is 100 Å². The Bertz CT molecular complexity index is 1140. The minimum atomic E-state index is -0.206. The van der Waals surface area contributed by atoms with Crippen molar-refractivity contribution >= 4 is 22.6 Å². The van der Waals surface area contributed by atoms with Gasteiger partial charge in [-0.2, -0.15) is 0 Å². The van der Waals surface area contributed by atoms with Gasteiger partial charge in [-0.15, -0.1) is 0 Å². The lowest BCUT2D eigenvalue weighted by Gasteiger charge is -2.22. The number of fused-ring (bicyclic) bond motifs is 1. The number of halogens is 2. The highest BCUT2D eigenvalue weighted by molar-refractivity contribution is 6.31. The molecule has 4 rings (SSSR count). The molecule has 3 nitrogen and oxygen atoms in total. The maximum absolute atomic E-state index is 13.8. The van der Waals surface area contributed by atoms with E-state index in [4.69, 9.17) is 11.6 Å². The Hall–Kier alpha value is -2.69. The van der Waals surface area contributed by atoms with E-state index in [2.05, 4.69) is 28.5 Å². The maximum atomic E-state index is 13.8. The summed E-state index contributed by atoms with van der Waals surface area (Å²) in [5.74, 6) is -0.206. The molecule has 0 saturated heterocycles. The molecule has 1 unspecified atom stereocenters. The van der Waals surface area contributed by atoms with Gasteiger partial charge in [-0.1, -0.05) is 48.0 Å². The van der Waals surface area contributed by atoms with Crippen molar-refractivity contribution in [2.75, 3.05) is 0 Å². The van der Waals surface area contributed by atoms with Crippen molar-refractivity contribution in [2.45, 2.75) is 19.5 Å². The monoisotopic (exact) mass is 393 g/mol. The van der Waals surface area contributed by atoms with E-state index >= 15 is 0 Å². The van der Waals surface area contributed by atoms with Crippen LogP contribution in [0.15, 0.2) is 67.0 Å². The Morgan fingerprint density at radius 1 is 1.11 bits per heavy atom. The third-order valence-corrected chi connectivity index (χ3v) is 5.38. The Morgan fingerprint density at radius 3 is 2.71 bits per heavy atom. The van der Waals surface area contributed by atoms with E-state index in [-0.39, 0.29) is 11.9 Å². The molecule has 0 amide bonds. The van der Waals surface area contributed by atoms with Crippen LogP contribution in [-0.4, -0.2) is 9.55 Å². The average molecular weight is 394 g/mol. The predicted molar refractivity (Wildman–Crippen MR) is 112 cm³/mol. The molecule has 1 aromatic heterocycles. The summed E-state index contributed by atoms with van der Waals surface area (Å²) < 4.78 is 15.8. The van der Waals surface area contributed by atoms with Gasteiger partial charge in [0, 0.05) is 18.6 Å². The van der Waals surface area contributed by atoms with Crippen LogP contribution in [0.4, 0.5) is 4.39 Å². The molecular weight excluding hydrogens is 373 g/mol. The summed E-state index contributed by atoms with van der Waals surface area (Å²) in [4.78, 5) is 4.43. The van der Waals surface area contributed by atoms with E-state index in [0.717, 1.165) is 27.7 Å². The van der Waals surface area contributed by atoms with Crippen LogP contribution in [0.5, 0.6) is 0 Å². The quantitative estimate of drug-likeness (QED) is 0.481. The fourth-order valence-electron chi connectivity index (χ4n) is 3.48. The van der Waals surface area contributed by atoms with E-state index < -0.39 is 0 Å². The van der Waals surface area contributed by atoms with E-state index in [1.807, 2.05) is 54.3 Å². The first-order valence-corrected chi connectivity index (χ1v) is 9.54. The molecule has 142 valence electrons. The number of nitrogens with one attached hydrogen (secondary N) is 1. The molecule has 0 bridgehead atoms. The van der Waals surface area contributed by atoms with Gasteiger partial charge in [-0.05, 0) is 53.4 Å². The van der Waals surface area contributed by atoms with Crippen LogP contribution in [0.1, 0.15) is 28.3 Å². The van der Waals surface area contributed by atoms with Crippen LogP contribution >= 0.6 is 11.6 Å². The van der Waals surface area contributed by atoms with Crippen molar-refractivity contribution in [1.82, 2.24) is 14.9 Å². The van der Waals surface area contributed by atoms with Gasteiger partial charge in [0.25, 0.3) is 0 Å². The molecule has 5 heteroatoms. The summed E-state index contributed by atoms with van der Waals surface area (Å²) in [7, 11) is 1.98. The van der Waals surface area contributed by atoms with Crippen LogP contribution in [0.3, 0.4) is 0 Å². The van der Waals surface area contributed by atoms with Crippen molar-refractivity contribution in [3.8, 4) is 0 Å². The maximum Gasteiger partial charge on any atom is 0.126 e. The Kier molecular flexibility index (Phi) is 5.16. The van der Waals surface area contributed by atoms with Gasteiger partial charge in [0.1, 0.15) is 5.82 Å². The smallest absolute Gasteiger partial charge is 0.126 e. The van der Waals surface area contributed by atoms with Gasteiger partial charge >= 0.3 is 0 Å². The highest BCUT2D eigenvalue weighted by Crippen LogP contribution is 2.29. The second-order valence-electron chi connectivity index (χ2n) is 7.02. The molecule has 28 heavy (non-hydrogen) atoms. The van der Waals surface area contributed by atoms with Crippen LogP contribution < -0.4 is 5.32 Å². The number of imidazole rings is 1. The summed E-state index contributed by atoms with van der Waals surface area (Å²) in [6, 6.07) is 19.1. The number of benzene rings is 3. The van der Waals surface area contributed by atoms with Gasteiger partial charge < -0.3 is 9.88 Å². The van der Waals surface area contributed by atoms with Gasteiger partial charge in [-0.3, -0.25) is 0 Å². The topological polar surface area (TPSA) is 29.9 Å². The highest BCUT2D eigenvalue weighted by atomic mass is 35.5. The number of rotatable bonds is 5. The van der Waals surface area contributed by atoms with Crippen molar-refractivity contribution in [3.63, 3.8) is 0 Å². The third kappa shape index (κ3) is 3.66. The van der Waals surface area contributed by atoms with Crippen LogP contribution in [-0.2, 0) is 13.6 Å². The summed E-state index contributed by atoms with van der Waals surface area (Å²) in [6.45, 7) is 2.41. The lowest BCUT2D eigenvalue weighted by atomic mass is 9.96. The zero-order chi connectivity index (χ0) is 19.7. The predicted octanol–water partition coefficient (Wildman–Crippen LogP) is 5.55. The molecule has 1 heterocycles. The fourth-order valence-corrected chi connectivity index (χ4v) is 3.72. The number of aryl methyl sites for hydroxylation is 2. The number of hydrogen-bond donors (Lipinski definition) is 1. The van der Waals surface area contributed by atoms with Crippen LogP contribution in [0.2, 0.25) is 5.02 Å². The Labute approximate surface area is 168 Å². The molecule has 0 aliphatic rings. The molecule has 1 atom stereocenters. The van der Waals surface area contributed by atoms with Gasteiger partial charge in [0.15, 0.2) is 0 Å². The van der Waals surface area contributed by atoms with Gasteiger partial charge in [0.2, 0.25) is 0 Å². The molecular formula is C23H21ClFN3. The first kappa shape index (κ1) is 18.7. The second-order valence-corrected chi connectivity index (χ2v) is 7.43. The van der Waals surface area contributed by atoms with Crippen LogP contribution in [0.25, 0.3) is 11.0 Å². The minimum absolute atomic E-state index is 0.146. The molecule has 0 fully saturated rings.